The number of Topliss-reactive ketones (excluding diaryl/α,β-unsaturated/α-hetero) is 1. The van der Waals surface area contributed by atoms with E-state index in [9.17, 15) is 27.6 Å². The van der Waals surface area contributed by atoms with Crippen molar-refractivity contribution in [3.8, 4) is 0 Å². The molecule has 2 saturated heterocycles. The predicted octanol–water partition coefficient (Wildman–Crippen LogP) is 5.32. The summed E-state index contributed by atoms with van der Waals surface area (Å²) in [6, 6.07) is 5.19. The molecule has 0 spiro atoms. The molecule has 3 aliphatic rings. The van der Waals surface area contributed by atoms with Crippen molar-refractivity contribution in [2.45, 2.75) is 95.6 Å². The largest absolute Gasteiger partial charge is 0.417 e. The van der Waals surface area contributed by atoms with Crippen LogP contribution in [0.25, 0.3) is 0 Å². The number of fused-ring (bicyclic) bond motifs is 2. The van der Waals surface area contributed by atoms with Gasteiger partial charge in [0.15, 0.2) is 5.78 Å². The maximum atomic E-state index is 14.1. The number of ketones is 1. The number of carbonyl (C=O) groups excluding carboxylic acids is 3. The zero-order valence-electron chi connectivity index (χ0n) is 23.3. The van der Waals surface area contributed by atoms with Gasteiger partial charge in [-0.1, -0.05) is 13.8 Å². The smallest absolute Gasteiger partial charge is 0.382 e. The lowest BCUT2D eigenvalue weighted by atomic mass is 9.95. The fourth-order valence-electron chi connectivity index (χ4n) is 6.26. The number of primary amides is 1. The molecule has 3 heterocycles. The molecule has 1 aromatic carbocycles. The Hall–Kier alpha value is -3.63. The van der Waals surface area contributed by atoms with Gasteiger partial charge in [0.25, 0.3) is 11.8 Å². The Labute approximate surface area is 237 Å². The van der Waals surface area contributed by atoms with Crippen LogP contribution in [-0.4, -0.2) is 46.7 Å². The van der Waals surface area contributed by atoms with E-state index in [1.54, 1.807) is 6.20 Å². The van der Waals surface area contributed by atoms with E-state index >= 15 is 0 Å². The quantitative estimate of drug-likeness (QED) is 0.332. The Morgan fingerprint density at radius 3 is 2.20 bits per heavy atom. The Kier molecular flexibility index (Phi) is 7.98. The van der Waals surface area contributed by atoms with Gasteiger partial charge < -0.3 is 21.3 Å². The number of pyridine rings is 1. The number of rotatable bonds is 10. The van der Waals surface area contributed by atoms with Crippen molar-refractivity contribution in [1.82, 2.24) is 10.3 Å². The van der Waals surface area contributed by atoms with E-state index in [0.29, 0.717) is 37.3 Å². The second-order valence-corrected chi connectivity index (χ2v) is 11.4. The summed E-state index contributed by atoms with van der Waals surface area (Å²) in [5, 5.41) is 5.94. The predicted molar refractivity (Wildman–Crippen MR) is 149 cm³/mol. The fraction of sp³-hybridized carbons (Fsp3) is 0.533. The van der Waals surface area contributed by atoms with Crippen LogP contribution < -0.4 is 21.3 Å². The van der Waals surface area contributed by atoms with Crippen LogP contribution in [0.5, 0.6) is 0 Å². The standard InChI is InChI=1S/C30H36F3N5O3/c1-3-18(4-2)36-25-14-22(24(30(31,32)33)13-23(25)28(34)40)29(41)37-19-11-20-8-9-21(12-19)38(20)26-10-7-17(15-35-26)27(39)16-5-6-16/h7,10,13-16,18-21,36H,3-6,8-9,11-12H2,1-2H3,(H2,34,40)(H,37,41)/t19-,20+,21-. The van der Waals surface area contributed by atoms with Crippen molar-refractivity contribution in [3.05, 3.63) is 52.7 Å². The third-order valence-electron chi connectivity index (χ3n) is 8.63. The lowest BCUT2D eigenvalue weighted by molar-refractivity contribution is -0.137. The molecular weight excluding hydrogens is 535 g/mol. The van der Waals surface area contributed by atoms with Crippen LogP contribution in [0.1, 0.15) is 102 Å². The van der Waals surface area contributed by atoms with Crippen LogP contribution in [-0.2, 0) is 6.18 Å². The first-order valence-electron chi connectivity index (χ1n) is 14.4. The lowest BCUT2D eigenvalue weighted by Gasteiger charge is -2.40. The molecule has 2 amide bonds. The number of nitrogens with one attached hydrogen (secondary N) is 2. The summed E-state index contributed by atoms with van der Waals surface area (Å²) < 4.78 is 42.2. The van der Waals surface area contributed by atoms with Crippen molar-refractivity contribution in [2.75, 3.05) is 10.2 Å². The Balaban J connectivity index is 1.34. The van der Waals surface area contributed by atoms with Gasteiger partial charge in [-0.15, -0.1) is 0 Å². The number of alkyl halides is 3. The average molecular weight is 572 g/mol. The van der Waals surface area contributed by atoms with Gasteiger partial charge in [0.05, 0.1) is 16.7 Å². The molecule has 2 aromatic rings. The summed E-state index contributed by atoms with van der Waals surface area (Å²) in [4.78, 5) is 44.6. The highest BCUT2D eigenvalue weighted by atomic mass is 19.4. The van der Waals surface area contributed by atoms with E-state index in [1.807, 2.05) is 26.0 Å². The first-order chi connectivity index (χ1) is 19.5. The van der Waals surface area contributed by atoms with Gasteiger partial charge in [-0.25, -0.2) is 4.98 Å². The van der Waals surface area contributed by atoms with Crippen molar-refractivity contribution in [1.29, 1.82) is 0 Å². The zero-order chi connectivity index (χ0) is 29.5. The van der Waals surface area contributed by atoms with Gasteiger partial charge >= 0.3 is 6.18 Å². The molecule has 0 radical (unpaired) electrons. The van der Waals surface area contributed by atoms with Crippen molar-refractivity contribution < 1.29 is 27.6 Å². The number of halogens is 3. The van der Waals surface area contributed by atoms with Crippen LogP contribution in [0, 0.1) is 5.92 Å². The maximum absolute atomic E-state index is 14.1. The molecule has 5 rings (SSSR count). The van der Waals surface area contributed by atoms with Crippen molar-refractivity contribution in [3.63, 3.8) is 0 Å². The summed E-state index contributed by atoms with van der Waals surface area (Å²) >= 11 is 0. The summed E-state index contributed by atoms with van der Waals surface area (Å²) in [6.07, 6.45) is 2.87. The SMILES string of the molecule is CCC(CC)Nc1cc(C(=O)N[C@H]2C[C@H]3CC[C@@H](C2)N3c2ccc(C(=O)C3CC3)cn2)c(C(F)(F)F)cc1C(N)=O. The topological polar surface area (TPSA) is 117 Å². The second kappa shape index (κ2) is 11.3. The molecule has 0 unspecified atom stereocenters. The highest BCUT2D eigenvalue weighted by Crippen LogP contribution is 2.40. The van der Waals surface area contributed by atoms with Crippen LogP contribution in [0.4, 0.5) is 24.7 Å². The molecule has 3 fully saturated rings. The molecule has 3 atom stereocenters. The van der Waals surface area contributed by atoms with E-state index < -0.39 is 29.1 Å². The van der Waals surface area contributed by atoms with E-state index in [-0.39, 0.29) is 47.1 Å². The minimum atomic E-state index is -4.86. The third kappa shape index (κ3) is 6.04. The maximum Gasteiger partial charge on any atom is 0.417 e. The number of hydrogen-bond donors (Lipinski definition) is 3. The van der Waals surface area contributed by atoms with E-state index in [2.05, 4.69) is 20.5 Å². The minimum Gasteiger partial charge on any atom is -0.382 e. The first-order valence-corrected chi connectivity index (χ1v) is 14.4. The van der Waals surface area contributed by atoms with Crippen LogP contribution in [0.3, 0.4) is 0 Å². The molecule has 1 saturated carbocycles. The lowest BCUT2D eigenvalue weighted by Crippen LogP contribution is -2.51. The van der Waals surface area contributed by atoms with Gasteiger partial charge in [-0.05, 0) is 75.6 Å². The third-order valence-corrected chi connectivity index (χ3v) is 8.63. The Morgan fingerprint density at radius 1 is 1.02 bits per heavy atom. The molecule has 2 bridgehead atoms. The number of hydrogen-bond acceptors (Lipinski definition) is 6. The zero-order valence-corrected chi connectivity index (χ0v) is 23.3. The highest BCUT2D eigenvalue weighted by Gasteiger charge is 2.43. The van der Waals surface area contributed by atoms with Crippen molar-refractivity contribution >= 4 is 29.1 Å². The summed E-state index contributed by atoms with van der Waals surface area (Å²) in [5.41, 5.74) is 4.13. The van der Waals surface area contributed by atoms with Gasteiger partial charge in [-0.2, -0.15) is 13.2 Å². The summed E-state index contributed by atoms with van der Waals surface area (Å²) in [7, 11) is 0. The number of aromatic nitrogens is 1. The van der Waals surface area contributed by atoms with E-state index in [4.69, 9.17) is 5.73 Å². The number of amides is 2. The molecule has 4 N–H and O–H groups in total. The van der Waals surface area contributed by atoms with Crippen LogP contribution >= 0.6 is 0 Å². The molecule has 2 aliphatic heterocycles. The normalized spacial score (nSPS) is 22.1. The number of nitrogens with two attached hydrogens (primary N) is 1. The molecular formula is C30H36F3N5O3. The van der Waals surface area contributed by atoms with E-state index in [1.165, 1.54) is 0 Å². The average Bonchev–Trinajstić information content (AvgIpc) is 3.75. The number of benzene rings is 1. The molecule has 11 heteroatoms. The Morgan fingerprint density at radius 2 is 1.68 bits per heavy atom. The number of anilines is 2. The van der Waals surface area contributed by atoms with Crippen LogP contribution in [0.2, 0.25) is 0 Å². The second-order valence-electron chi connectivity index (χ2n) is 11.4. The molecule has 1 aliphatic carbocycles. The van der Waals surface area contributed by atoms with Gasteiger partial charge in [0.2, 0.25) is 0 Å². The molecule has 8 nitrogen and oxygen atoms in total. The van der Waals surface area contributed by atoms with E-state index in [0.717, 1.165) is 37.6 Å². The summed E-state index contributed by atoms with van der Waals surface area (Å²) in [6.45, 7) is 3.84. The summed E-state index contributed by atoms with van der Waals surface area (Å²) in [5.74, 6) is -0.810. The van der Waals surface area contributed by atoms with Gasteiger partial charge in [0, 0.05) is 47.5 Å². The minimum absolute atomic E-state index is 0.0722. The molecule has 220 valence electrons. The number of piperidine rings is 1. The number of nitrogens with zero attached hydrogens (tertiary/aromatic N) is 2. The number of carbonyl (C=O) groups is 3. The Bertz CT molecular complexity index is 1310. The van der Waals surface area contributed by atoms with Crippen LogP contribution in [0.15, 0.2) is 30.5 Å². The molecule has 1 aromatic heterocycles. The molecule has 41 heavy (non-hydrogen) atoms. The highest BCUT2D eigenvalue weighted by molar-refractivity contribution is 6.03. The first kappa shape index (κ1) is 28.9. The fourth-order valence-corrected chi connectivity index (χ4v) is 6.26. The van der Waals surface area contributed by atoms with Gasteiger partial charge in [-0.3, -0.25) is 14.4 Å². The monoisotopic (exact) mass is 571 g/mol. The van der Waals surface area contributed by atoms with Crippen molar-refractivity contribution in [2.24, 2.45) is 11.7 Å². The van der Waals surface area contributed by atoms with Gasteiger partial charge in [0.1, 0.15) is 5.82 Å².